The van der Waals surface area contributed by atoms with Crippen LogP contribution < -0.4 is 16.0 Å². The van der Waals surface area contributed by atoms with Crippen LogP contribution in [0.5, 0.6) is 0 Å². The maximum Gasteiger partial charge on any atom is 0.326 e. The number of H-pyrrole nitrogens is 1. The van der Waals surface area contributed by atoms with Crippen LogP contribution in [0.1, 0.15) is 25.0 Å². The summed E-state index contributed by atoms with van der Waals surface area (Å²) in [4.78, 5) is 29.4. The van der Waals surface area contributed by atoms with Crippen molar-refractivity contribution in [3.63, 3.8) is 0 Å². The fourth-order valence-corrected chi connectivity index (χ4v) is 1.91. The van der Waals surface area contributed by atoms with Crippen molar-refractivity contribution in [1.82, 2.24) is 25.9 Å². The van der Waals surface area contributed by atoms with E-state index in [0.29, 0.717) is 18.3 Å². The molecule has 0 aliphatic heterocycles. The highest BCUT2D eigenvalue weighted by molar-refractivity contribution is 5.82. The molecule has 1 aromatic heterocycles. The normalized spacial score (nSPS) is 15.4. The minimum atomic E-state index is -1.07. The number of urea groups is 1. The van der Waals surface area contributed by atoms with Crippen LogP contribution in [0.25, 0.3) is 0 Å². The molecule has 0 saturated heterocycles. The molecule has 1 saturated carbocycles. The Kier molecular flexibility index (Phi) is 5.56. The van der Waals surface area contributed by atoms with Gasteiger partial charge in [-0.3, -0.25) is 0 Å². The molecule has 0 radical (unpaired) electrons. The van der Waals surface area contributed by atoms with E-state index in [-0.39, 0.29) is 6.42 Å². The molecule has 1 aliphatic rings. The van der Waals surface area contributed by atoms with Gasteiger partial charge < -0.3 is 26.0 Å². The third-order valence-electron chi connectivity index (χ3n) is 3.23. The molecule has 1 atom stereocenters. The summed E-state index contributed by atoms with van der Waals surface area (Å²) in [6.07, 6.45) is 6.48. The van der Waals surface area contributed by atoms with Gasteiger partial charge in [0.25, 0.3) is 0 Å². The predicted octanol–water partition coefficient (Wildman–Crippen LogP) is -0.153. The molecule has 1 unspecified atom stereocenters. The number of aromatic amines is 1. The number of imidazole rings is 1. The molecular formula is C13H21N5O3. The van der Waals surface area contributed by atoms with E-state index < -0.39 is 18.0 Å². The largest absolute Gasteiger partial charge is 0.480 e. The molecule has 0 bridgehead atoms. The van der Waals surface area contributed by atoms with Crippen LogP contribution in [0.15, 0.2) is 12.5 Å². The first-order chi connectivity index (χ1) is 10.1. The number of nitrogens with zero attached hydrogens (tertiary/aromatic N) is 1. The minimum Gasteiger partial charge on any atom is -0.480 e. The summed E-state index contributed by atoms with van der Waals surface area (Å²) >= 11 is 0. The zero-order valence-electron chi connectivity index (χ0n) is 11.8. The minimum absolute atomic E-state index is 0.173. The van der Waals surface area contributed by atoms with Crippen molar-refractivity contribution in [2.45, 2.75) is 37.8 Å². The smallest absolute Gasteiger partial charge is 0.326 e. The molecule has 1 fully saturated rings. The lowest BCUT2D eigenvalue weighted by Crippen LogP contribution is -2.47. The van der Waals surface area contributed by atoms with Gasteiger partial charge in [0.1, 0.15) is 6.04 Å². The molecule has 1 aliphatic carbocycles. The Morgan fingerprint density at radius 2 is 2.24 bits per heavy atom. The highest BCUT2D eigenvalue weighted by atomic mass is 16.4. The number of hydrogen-bond donors (Lipinski definition) is 5. The van der Waals surface area contributed by atoms with Crippen molar-refractivity contribution in [1.29, 1.82) is 0 Å². The van der Waals surface area contributed by atoms with Gasteiger partial charge >= 0.3 is 12.0 Å². The van der Waals surface area contributed by atoms with E-state index >= 15 is 0 Å². The Morgan fingerprint density at radius 1 is 1.43 bits per heavy atom. The summed E-state index contributed by atoms with van der Waals surface area (Å²) in [5.74, 6) is -1.07. The second-order valence-electron chi connectivity index (χ2n) is 5.15. The number of nitrogens with one attached hydrogen (secondary N) is 4. The van der Waals surface area contributed by atoms with E-state index in [2.05, 4.69) is 25.9 Å². The molecule has 1 heterocycles. The Labute approximate surface area is 122 Å². The summed E-state index contributed by atoms with van der Waals surface area (Å²) in [5, 5.41) is 17.6. The highest BCUT2D eigenvalue weighted by Gasteiger charge is 2.21. The van der Waals surface area contributed by atoms with Crippen LogP contribution in [0.3, 0.4) is 0 Å². The molecule has 1 aromatic rings. The summed E-state index contributed by atoms with van der Waals surface area (Å²) in [6.45, 7) is 1.38. The fourth-order valence-electron chi connectivity index (χ4n) is 1.91. The first-order valence-corrected chi connectivity index (χ1v) is 7.13. The van der Waals surface area contributed by atoms with E-state index in [4.69, 9.17) is 5.11 Å². The average molecular weight is 295 g/mol. The summed E-state index contributed by atoms with van der Waals surface area (Å²) < 4.78 is 0. The highest BCUT2D eigenvalue weighted by Crippen LogP contribution is 2.18. The lowest BCUT2D eigenvalue weighted by atomic mass is 10.2. The Hall–Kier alpha value is -2.09. The second-order valence-corrected chi connectivity index (χ2v) is 5.15. The number of aliphatic carboxylic acids is 1. The van der Waals surface area contributed by atoms with Crippen molar-refractivity contribution in [2.75, 3.05) is 13.1 Å². The van der Waals surface area contributed by atoms with Gasteiger partial charge in [-0.1, -0.05) is 0 Å². The lowest BCUT2D eigenvalue weighted by Gasteiger charge is -2.14. The van der Waals surface area contributed by atoms with E-state index in [1.165, 1.54) is 19.2 Å². The molecule has 8 heteroatoms. The third kappa shape index (κ3) is 5.82. The quantitative estimate of drug-likeness (QED) is 0.406. The van der Waals surface area contributed by atoms with Gasteiger partial charge in [-0.2, -0.15) is 0 Å². The van der Waals surface area contributed by atoms with Crippen molar-refractivity contribution >= 4 is 12.0 Å². The monoisotopic (exact) mass is 295 g/mol. The van der Waals surface area contributed by atoms with Crippen LogP contribution in [-0.2, 0) is 11.2 Å². The standard InChI is InChI=1S/C13H21N5O3/c19-12(20)11(6-10-7-14-8-17-10)18-13(21)16-5-1-4-15-9-2-3-9/h7-9,11,15H,1-6H2,(H,14,17)(H,19,20)(H2,16,18,21). The second kappa shape index (κ2) is 7.63. The zero-order chi connectivity index (χ0) is 15.1. The summed E-state index contributed by atoms with van der Waals surface area (Å²) in [7, 11) is 0. The van der Waals surface area contributed by atoms with Gasteiger partial charge in [-0.25, -0.2) is 14.6 Å². The van der Waals surface area contributed by atoms with E-state index in [0.717, 1.165) is 13.0 Å². The Morgan fingerprint density at radius 3 is 2.86 bits per heavy atom. The molecule has 116 valence electrons. The number of aromatic nitrogens is 2. The third-order valence-corrected chi connectivity index (χ3v) is 3.23. The van der Waals surface area contributed by atoms with Crippen molar-refractivity contribution in [2.24, 2.45) is 0 Å². The summed E-state index contributed by atoms with van der Waals surface area (Å²) in [5.41, 5.74) is 0.663. The number of carboxylic acids is 1. The number of hydrogen-bond acceptors (Lipinski definition) is 4. The van der Waals surface area contributed by atoms with Gasteiger partial charge in [-0.15, -0.1) is 0 Å². The summed E-state index contributed by atoms with van der Waals surface area (Å²) in [6, 6.07) is -0.784. The first kappa shape index (κ1) is 15.3. The number of carbonyl (C=O) groups is 2. The number of carbonyl (C=O) groups excluding carboxylic acids is 1. The van der Waals surface area contributed by atoms with Crippen LogP contribution in [-0.4, -0.2) is 52.2 Å². The Balaban J connectivity index is 1.64. The fraction of sp³-hybridized carbons (Fsp3) is 0.615. The van der Waals surface area contributed by atoms with Crippen LogP contribution in [0.4, 0.5) is 4.79 Å². The molecule has 0 aromatic carbocycles. The van der Waals surface area contributed by atoms with Crippen LogP contribution in [0, 0.1) is 0 Å². The first-order valence-electron chi connectivity index (χ1n) is 7.13. The Bertz CT molecular complexity index is 458. The van der Waals surface area contributed by atoms with Gasteiger partial charge in [0, 0.05) is 30.9 Å². The van der Waals surface area contributed by atoms with Crippen LogP contribution >= 0.6 is 0 Å². The van der Waals surface area contributed by atoms with Crippen molar-refractivity contribution < 1.29 is 14.7 Å². The van der Waals surface area contributed by atoms with E-state index in [1.807, 2.05) is 0 Å². The molecule has 21 heavy (non-hydrogen) atoms. The molecular weight excluding hydrogens is 274 g/mol. The topological polar surface area (TPSA) is 119 Å². The number of amides is 2. The lowest BCUT2D eigenvalue weighted by molar-refractivity contribution is -0.139. The molecule has 2 rings (SSSR count). The van der Waals surface area contributed by atoms with Crippen LogP contribution in [0.2, 0.25) is 0 Å². The van der Waals surface area contributed by atoms with E-state index in [1.54, 1.807) is 6.20 Å². The maximum absolute atomic E-state index is 11.7. The van der Waals surface area contributed by atoms with Gasteiger partial charge in [-0.05, 0) is 25.8 Å². The molecule has 8 nitrogen and oxygen atoms in total. The maximum atomic E-state index is 11.7. The molecule has 0 spiro atoms. The van der Waals surface area contributed by atoms with Gasteiger partial charge in [0.2, 0.25) is 0 Å². The van der Waals surface area contributed by atoms with E-state index in [9.17, 15) is 9.59 Å². The molecule has 5 N–H and O–H groups in total. The number of carboxylic acid groups (broad SMARTS) is 1. The van der Waals surface area contributed by atoms with Crippen molar-refractivity contribution in [3.05, 3.63) is 18.2 Å². The predicted molar refractivity (Wildman–Crippen MR) is 75.9 cm³/mol. The van der Waals surface area contributed by atoms with Crippen molar-refractivity contribution in [3.8, 4) is 0 Å². The number of rotatable bonds is 9. The molecule has 2 amide bonds. The SMILES string of the molecule is O=C(NCCCNC1CC1)NC(Cc1cnc[nH]1)C(=O)O. The zero-order valence-corrected chi connectivity index (χ0v) is 11.8. The van der Waals surface area contributed by atoms with Gasteiger partial charge in [0.05, 0.1) is 6.33 Å². The average Bonchev–Trinajstić information content (AvgIpc) is 3.12. The van der Waals surface area contributed by atoms with Gasteiger partial charge in [0.15, 0.2) is 0 Å².